The molecule has 2 aromatic rings. The third kappa shape index (κ3) is 4.49. The Morgan fingerprint density at radius 3 is 2.36 bits per heavy atom. The average molecular weight is 381 g/mol. The van der Waals surface area contributed by atoms with E-state index in [1.54, 1.807) is 23.1 Å². The standard InChI is InChI=1S/C21H23N3O4/c1-15-5-3-8-18(13-15)23-9-11-24(12-10-23)20(26)19(25)22-17-7-4-6-16(14-17)21(27)28-2/h3-8,13-14H,9-12H2,1-2H3,(H,22,25). The fourth-order valence-corrected chi connectivity index (χ4v) is 3.16. The molecule has 1 fully saturated rings. The van der Waals surface area contributed by atoms with Crippen LogP contribution < -0.4 is 10.2 Å². The fraction of sp³-hybridized carbons (Fsp3) is 0.286. The van der Waals surface area contributed by atoms with Gasteiger partial charge in [-0.05, 0) is 42.8 Å². The van der Waals surface area contributed by atoms with Crippen LogP contribution in [-0.2, 0) is 14.3 Å². The first kappa shape index (κ1) is 19.4. The van der Waals surface area contributed by atoms with Crippen LogP contribution in [0.2, 0.25) is 0 Å². The summed E-state index contributed by atoms with van der Waals surface area (Å²) in [5.74, 6) is -1.80. The second-order valence-corrected chi connectivity index (χ2v) is 6.64. The van der Waals surface area contributed by atoms with Crippen molar-refractivity contribution in [3.63, 3.8) is 0 Å². The number of esters is 1. The van der Waals surface area contributed by atoms with Crippen LogP contribution in [0.15, 0.2) is 48.5 Å². The second-order valence-electron chi connectivity index (χ2n) is 6.64. The Balaban J connectivity index is 1.58. The Morgan fingerprint density at radius 1 is 0.964 bits per heavy atom. The normalized spacial score (nSPS) is 13.8. The van der Waals surface area contributed by atoms with E-state index in [1.807, 2.05) is 25.1 Å². The Bertz CT molecular complexity index is 889. The van der Waals surface area contributed by atoms with Crippen LogP contribution in [0.25, 0.3) is 0 Å². The first-order chi connectivity index (χ1) is 13.5. The maximum Gasteiger partial charge on any atom is 0.337 e. The number of hydrogen-bond acceptors (Lipinski definition) is 5. The van der Waals surface area contributed by atoms with Gasteiger partial charge >= 0.3 is 17.8 Å². The van der Waals surface area contributed by atoms with Gasteiger partial charge in [0, 0.05) is 37.6 Å². The number of nitrogens with one attached hydrogen (secondary N) is 1. The fourth-order valence-electron chi connectivity index (χ4n) is 3.16. The zero-order valence-electron chi connectivity index (χ0n) is 16.0. The Kier molecular flexibility index (Phi) is 5.93. The molecule has 2 amide bonds. The largest absolute Gasteiger partial charge is 0.465 e. The van der Waals surface area contributed by atoms with Crippen molar-refractivity contribution < 1.29 is 19.1 Å². The summed E-state index contributed by atoms with van der Waals surface area (Å²) < 4.78 is 4.66. The van der Waals surface area contributed by atoms with Gasteiger partial charge in [0.25, 0.3) is 0 Å². The Hall–Kier alpha value is -3.35. The summed E-state index contributed by atoms with van der Waals surface area (Å²) in [6.07, 6.45) is 0. The van der Waals surface area contributed by atoms with Gasteiger partial charge in [-0.1, -0.05) is 18.2 Å². The van der Waals surface area contributed by atoms with Gasteiger partial charge in [-0.15, -0.1) is 0 Å². The molecule has 0 aromatic heterocycles. The smallest absolute Gasteiger partial charge is 0.337 e. The Labute approximate surface area is 163 Å². The topological polar surface area (TPSA) is 78.9 Å². The molecule has 3 rings (SSSR count). The zero-order chi connectivity index (χ0) is 20.1. The molecule has 1 heterocycles. The average Bonchev–Trinajstić information content (AvgIpc) is 2.73. The number of carbonyl (C=O) groups excluding carboxylic acids is 3. The highest BCUT2D eigenvalue weighted by Crippen LogP contribution is 2.18. The minimum Gasteiger partial charge on any atom is -0.465 e. The van der Waals surface area contributed by atoms with Crippen LogP contribution in [0.4, 0.5) is 11.4 Å². The first-order valence-corrected chi connectivity index (χ1v) is 9.08. The summed E-state index contributed by atoms with van der Waals surface area (Å²) in [6.45, 7) is 4.33. The SMILES string of the molecule is COC(=O)c1cccc(NC(=O)C(=O)N2CCN(c3cccc(C)c3)CC2)c1. The summed E-state index contributed by atoms with van der Waals surface area (Å²) in [6, 6.07) is 14.5. The third-order valence-electron chi connectivity index (χ3n) is 4.67. The number of methoxy groups -OCH3 is 1. The molecule has 7 nitrogen and oxygen atoms in total. The van der Waals surface area contributed by atoms with Crippen LogP contribution in [0.3, 0.4) is 0 Å². The van der Waals surface area contributed by atoms with E-state index in [9.17, 15) is 14.4 Å². The van der Waals surface area contributed by atoms with Gasteiger partial charge in [0.1, 0.15) is 0 Å². The van der Waals surface area contributed by atoms with Crippen molar-refractivity contribution in [1.29, 1.82) is 0 Å². The number of anilines is 2. The summed E-state index contributed by atoms with van der Waals surface area (Å²) in [4.78, 5) is 40.1. The number of benzene rings is 2. The van der Waals surface area contributed by atoms with Gasteiger partial charge in [0.15, 0.2) is 0 Å². The quantitative estimate of drug-likeness (QED) is 0.650. The number of amides is 2. The van der Waals surface area contributed by atoms with Crippen molar-refractivity contribution in [2.75, 3.05) is 43.5 Å². The van der Waals surface area contributed by atoms with E-state index in [1.165, 1.54) is 18.7 Å². The van der Waals surface area contributed by atoms with Crippen LogP contribution in [0.5, 0.6) is 0 Å². The lowest BCUT2D eigenvalue weighted by molar-refractivity contribution is -0.143. The van der Waals surface area contributed by atoms with Gasteiger partial charge in [-0.25, -0.2) is 4.79 Å². The Morgan fingerprint density at radius 2 is 1.68 bits per heavy atom. The van der Waals surface area contributed by atoms with Gasteiger partial charge in [0.05, 0.1) is 12.7 Å². The molecular weight excluding hydrogens is 358 g/mol. The molecule has 2 aromatic carbocycles. The van der Waals surface area contributed by atoms with Crippen molar-refractivity contribution in [3.05, 3.63) is 59.7 Å². The van der Waals surface area contributed by atoms with Crippen molar-refractivity contribution >= 4 is 29.2 Å². The monoisotopic (exact) mass is 381 g/mol. The third-order valence-corrected chi connectivity index (χ3v) is 4.67. The number of aryl methyl sites for hydroxylation is 1. The molecule has 7 heteroatoms. The van der Waals surface area contributed by atoms with Gasteiger partial charge in [-0.3, -0.25) is 9.59 Å². The number of rotatable bonds is 3. The van der Waals surface area contributed by atoms with E-state index < -0.39 is 17.8 Å². The summed E-state index contributed by atoms with van der Waals surface area (Å²) in [5, 5.41) is 2.56. The molecule has 1 aliphatic rings. The van der Waals surface area contributed by atoms with Crippen molar-refractivity contribution in [2.24, 2.45) is 0 Å². The van der Waals surface area contributed by atoms with Gasteiger partial charge in [-0.2, -0.15) is 0 Å². The number of hydrogen-bond donors (Lipinski definition) is 1. The molecule has 0 saturated carbocycles. The van der Waals surface area contributed by atoms with Crippen molar-refractivity contribution in [1.82, 2.24) is 4.90 Å². The summed E-state index contributed by atoms with van der Waals surface area (Å²) in [7, 11) is 1.29. The predicted octanol–water partition coefficient (Wildman–Crippen LogP) is 2.07. The van der Waals surface area contributed by atoms with Gasteiger partial charge < -0.3 is 19.9 Å². The highest BCUT2D eigenvalue weighted by atomic mass is 16.5. The van der Waals surface area contributed by atoms with Gasteiger partial charge in [0.2, 0.25) is 0 Å². The molecule has 1 N–H and O–H groups in total. The van der Waals surface area contributed by atoms with Crippen molar-refractivity contribution in [3.8, 4) is 0 Å². The lowest BCUT2D eigenvalue weighted by Gasteiger charge is -2.35. The van der Waals surface area contributed by atoms with E-state index in [4.69, 9.17) is 0 Å². The number of ether oxygens (including phenoxy) is 1. The highest BCUT2D eigenvalue weighted by molar-refractivity contribution is 6.39. The minimum absolute atomic E-state index is 0.305. The lowest BCUT2D eigenvalue weighted by Crippen LogP contribution is -2.51. The molecule has 0 unspecified atom stereocenters. The molecule has 0 bridgehead atoms. The van der Waals surface area contributed by atoms with Crippen LogP contribution in [-0.4, -0.2) is 56.0 Å². The molecule has 28 heavy (non-hydrogen) atoms. The number of carbonyl (C=O) groups is 3. The summed E-state index contributed by atoms with van der Waals surface area (Å²) >= 11 is 0. The molecule has 146 valence electrons. The predicted molar refractivity (Wildman–Crippen MR) is 106 cm³/mol. The lowest BCUT2D eigenvalue weighted by atomic mass is 10.2. The van der Waals surface area contributed by atoms with E-state index in [2.05, 4.69) is 21.0 Å². The van der Waals surface area contributed by atoms with Crippen LogP contribution >= 0.6 is 0 Å². The zero-order valence-corrected chi connectivity index (χ0v) is 16.0. The minimum atomic E-state index is -0.717. The maximum absolute atomic E-state index is 12.5. The molecule has 1 saturated heterocycles. The maximum atomic E-state index is 12.5. The molecule has 0 radical (unpaired) electrons. The summed E-state index contributed by atoms with van der Waals surface area (Å²) in [5.41, 5.74) is 2.99. The van der Waals surface area contributed by atoms with E-state index in [-0.39, 0.29) is 0 Å². The van der Waals surface area contributed by atoms with Crippen LogP contribution in [0, 0.1) is 6.92 Å². The van der Waals surface area contributed by atoms with Crippen molar-refractivity contribution in [2.45, 2.75) is 6.92 Å². The highest BCUT2D eigenvalue weighted by Gasteiger charge is 2.26. The van der Waals surface area contributed by atoms with Crippen LogP contribution in [0.1, 0.15) is 15.9 Å². The molecule has 1 aliphatic heterocycles. The van der Waals surface area contributed by atoms with E-state index >= 15 is 0 Å². The van der Waals surface area contributed by atoms with E-state index in [0.29, 0.717) is 37.4 Å². The second kappa shape index (κ2) is 8.56. The van der Waals surface area contributed by atoms with E-state index in [0.717, 1.165) is 5.69 Å². The molecular formula is C21H23N3O4. The molecule has 0 aliphatic carbocycles. The first-order valence-electron chi connectivity index (χ1n) is 9.08. The number of piperazine rings is 1. The number of nitrogens with zero attached hydrogens (tertiary/aromatic N) is 2. The molecule has 0 spiro atoms. The molecule has 0 atom stereocenters.